The molecule has 0 saturated carbocycles. The van der Waals surface area contributed by atoms with Gasteiger partial charge in [-0.1, -0.05) is 13.0 Å². The third-order valence-electron chi connectivity index (χ3n) is 3.46. The zero-order valence-corrected chi connectivity index (χ0v) is 11.5. The molecule has 0 N–H and O–H groups in total. The van der Waals surface area contributed by atoms with Gasteiger partial charge in [0.25, 0.3) is 5.91 Å². The summed E-state index contributed by atoms with van der Waals surface area (Å²) in [5.74, 6) is 0.0503. The number of amides is 2. The summed E-state index contributed by atoms with van der Waals surface area (Å²) >= 11 is 0. The number of hydrogen-bond donors (Lipinski definition) is 0. The third kappa shape index (κ3) is 2.97. The molecule has 0 radical (unpaired) electrons. The largest absolute Gasteiger partial charge is 0.339 e. The minimum Gasteiger partial charge on any atom is -0.339 e. The standard InChI is InChI=1S/C15H17N3O2/c1-2-14(19)17-6-8-18(9-7-17)15(20)13-5-3-4-12(10-13)11-16/h3-5,10H,2,6-9H2,1H3. The van der Waals surface area contributed by atoms with Crippen molar-refractivity contribution in [2.45, 2.75) is 13.3 Å². The van der Waals surface area contributed by atoms with Crippen molar-refractivity contribution < 1.29 is 9.59 Å². The SMILES string of the molecule is CCC(=O)N1CCN(C(=O)c2cccc(C#N)c2)CC1. The maximum absolute atomic E-state index is 12.3. The Morgan fingerprint density at radius 2 is 1.85 bits per heavy atom. The Labute approximate surface area is 118 Å². The van der Waals surface area contributed by atoms with Gasteiger partial charge >= 0.3 is 0 Å². The number of rotatable bonds is 2. The van der Waals surface area contributed by atoms with E-state index in [1.54, 1.807) is 34.1 Å². The van der Waals surface area contributed by atoms with E-state index >= 15 is 0 Å². The maximum atomic E-state index is 12.3. The molecule has 1 aliphatic heterocycles. The van der Waals surface area contributed by atoms with Gasteiger partial charge in [-0.15, -0.1) is 0 Å². The quantitative estimate of drug-likeness (QED) is 0.813. The molecule has 2 rings (SSSR count). The highest BCUT2D eigenvalue weighted by atomic mass is 16.2. The van der Waals surface area contributed by atoms with Crippen molar-refractivity contribution in [3.8, 4) is 6.07 Å². The molecule has 104 valence electrons. The van der Waals surface area contributed by atoms with E-state index in [9.17, 15) is 9.59 Å². The lowest BCUT2D eigenvalue weighted by atomic mass is 10.1. The smallest absolute Gasteiger partial charge is 0.254 e. The fraction of sp³-hybridized carbons (Fsp3) is 0.400. The number of nitriles is 1. The van der Waals surface area contributed by atoms with Crippen LogP contribution >= 0.6 is 0 Å². The van der Waals surface area contributed by atoms with Crippen LogP contribution in [0.4, 0.5) is 0 Å². The highest BCUT2D eigenvalue weighted by Crippen LogP contribution is 2.11. The van der Waals surface area contributed by atoms with E-state index in [1.165, 1.54) is 0 Å². The predicted molar refractivity (Wildman–Crippen MR) is 73.9 cm³/mol. The number of hydrogen-bond acceptors (Lipinski definition) is 3. The fourth-order valence-corrected chi connectivity index (χ4v) is 2.29. The van der Waals surface area contributed by atoms with E-state index in [2.05, 4.69) is 0 Å². The van der Waals surface area contributed by atoms with Gasteiger partial charge in [0.1, 0.15) is 0 Å². The molecular formula is C15H17N3O2. The predicted octanol–water partition coefficient (Wildman–Crippen LogP) is 1.25. The molecule has 1 heterocycles. The van der Waals surface area contributed by atoms with Crippen LogP contribution in [-0.2, 0) is 4.79 Å². The van der Waals surface area contributed by atoms with Gasteiger partial charge in [-0.25, -0.2) is 0 Å². The monoisotopic (exact) mass is 271 g/mol. The first kappa shape index (κ1) is 14.1. The summed E-state index contributed by atoms with van der Waals surface area (Å²) in [6, 6.07) is 8.74. The molecule has 0 atom stereocenters. The van der Waals surface area contributed by atoms with Crippen LogP contribution in [0.1, 0.15) is 29.3 Å². The lowest BCUT2D eigenvalue weighted by molar-refractivity contribution is -0.132. The van der Waals surface area contributed by atoms with Gasteiger partial charge in [0.05, 0.1) is 11.6 Å². The summed E-state index contributed by atoms with van der Waals surface area (Å²) in [5.41, 5.74) is 1.01. The Morgan fingerprint density at radius 3 is 2.45 bits per heavy atom. The van der Waals surface area contributed by atoms with Crippen molar-refractivity contribution >= 4 is 11.8 Å². The number of nitrogens with zero attached hydrogens (tertiary/aromatic N) is 3. The summed E-state index contributed by atoms with van der Waals surface area (Å²) in [5, 5.41) is 8.86. The van der Waals surface area contributed by atoms with Crippen LogP contribution in [0.15, 0.2) is 24.3 Å². The highest BCUT2D eigenvalue weighted by molar-refractivity contribution is 5.94. The molecule has 0 bridgehead atoms. The first-order valence-electron chi connectivity index (χ1n) is 6.73. The summed E-state index contributed by atoms with van der Waals surface area (Å²) in [4.78, 5) is 27.4. The van der Waals surface area contributed by atoms with Gasteiger partial charge in [0, 0.05) is 38.2 Å². The highest BCUT2D eigenvalue weighted by Gasteiger charge is 2.24. The van der Waals surface area contributed by atoms with Gasteiger partial charge in [0.15, 0.2) is 0 Å². The summed E-state index contributed by atoms with van der Waals surface area (Å²) in [6.45, 7) is 4.09. The lowest BCUT2D eigenvalue weighted by Gasteiger charge is -2.34. The molecule has 5 heteroatoms. The summed E-state index contributed by atoms with van der Waals surface area (Å²) in [7, 11) is 0. The van der Waals surface area contributed by atoms with Gasteiger partial charge < -0.3 is 9.80 Å². The molecule has 0 unspecified atom stereocenters. The number of piperazine rings is 1. The Balaban J connectivity index is 2.01. The molecule has 1 aromatic rings. The molecule has 2 amide bonds. The topological polar surface area (TPSA) is 64.4 Å². The Bertz CT molecular complexity index is 554. The normalized spacial score (nSPS) is 14.8. The van der Waals surface area contributed by atoms with Crippen molar-refractivity contribution in [1.82, 2.24) is 9.80 Å². The van der Waals surface area contributed by atoms with Crippen LogP contribution in [-0.4, -0.2) is 47.8 Å². The van der Waals surface area contributed by atoms with Crippen LogP contribution in [0.25, 0.3) is 0 Å². The van der Waals surface area contributed by atoms with Gasteiger partial charge in [-0.05, 0) is 18.2 Å². The molecular weight excluding hydrogens is 254 g/mol. The second kappa shape index (κ2) is 6.20. The van der Waals surface area contributed by atoms with E-state index in [0.717, 1.165) is 0 Å². The van der Waals surface area contributed by atoms with E-state index in [1.807, 2.05) is 13.0 Å². The molecule has 5 nitrogen and oxygen atoms in total. The maximum Gasteiger partial charge on any atom is 0.254 e. The minimum absolute atomic E-state index is 0.0781. The molecule has 1 aromatic carbocycles. The Hall–Kier alpha value is -2.35. The lowest BCUT2D eigenvalue weighted by Crippen LogP contribution is -2.50. The first-order valence-corrected chi connectivity index (χ1v) is 6.73. The number of carbonyl (C=O) groups is 2. The fourth-order valence-electron chi connectivity index (χ4n) is 2.29. The second-order valence-corrected chi connectivity index (χ2v) is 4.72. The average molecular weight is 271 g/mol. The number of carbonyl (C=O) groups excluding carboxylic acids is 2. The first-order chi connectivity index (χ1) is 9.65. The number of benzene rings is 1. The van der Waals surface area contributed by atoms with E-state index in [4.69, 9.17) is 5.26 Å². The van der Waals surface area contributed by atoms with E-state index in [0.29, 0.717) is 43.7 Å². The van der Waals surface area contributed by atoms with Crippen LogP contribution in [0.2, 0.25) is 0 Å². The van der Waals surface area contributed by atoms with Crippen molar-refractivity contribution in [3.63, 3.8) is 0 Å². The molecule has 0 spiro atoms. The van der Waals surface area contributed by atoms with Crippen LogP contribution in [0.3, 0.4) is 0 Å². The molecule has 0 aliphatic carbocycles. The van der Waals surface area contributed by atoms with Crippen molar-refractivity contribution in [2.24, 2.45) is 0 Å². The zero-order chi connectivity index (χ0) is 14.5. The van der Waals surface area contributed by atoms with Crippen molar-refractivity contribution in [1.29, 1.82) is 5.26 Å². The van der Waals surface area contributed by atoms with Crippen LogP contribution in [0.5, 0.6) is 0 Å². The van der Waals surface area contributed by atoms with Crippen LogP contribution in [0, 0.1) is 11.3 Å². The second-order valence-electron chi connectivity index (χ2n) is 4.72. The van der Waals surface area contributed by atoms with Gasteiger partial charge in [0.2, 0.25) is 5.91 Å². The molecule has 1 aliphatic rings. The molecule has 1 fully saturated rings. The summed E-state index contributed by atoms with van der Waals surface area (Å²) < 4.78 is 0. The van der Waals surface area contributed by atoms with Gasteiger partial charge in [-0.2, -0.15) is 5.26 Å². The average Bonchev–Trinajstić information content (AvgIpc) is 2.53. The molecule has 20 heavy (non-hydrogen) atoms. The summed E-state index contributed by atoms with van der Waals surface area (Å²) in [6.07, 6.45) is 0.498. The Morgan fingerprint density at radius 1 is 1.20 bits per heavy atom. The van der Waals surface area contributed by atoms with E-state index in [-0.39, 0.29) is 11.8 Å². The minimum atomic E-state index is -0.0781. The van der Waals surface area contributed by atoms with Crippen molar-refractivity contribution in [3.05, 3.63) is 35.4 Å². The molecule has 0 aromatic heterocycles. The third-order valence-corrected chi connectivity index (χ3v) is 3.46. The van der Waals surface area contributed by atoms with Crippen LogP contribution < -0.4 is 0 Å². The molecule has 1 saturated heterocycles. The van der Waals surface area contributed by atoms with E-state index < -0.39 is 0 Å². The van der Waals surface area contributed by atoms with Crippen molar-refractivity contribution in [2.75, 3.05) is 26.2 Å². The Kier molecular flexibility index (Phi) is 4.36. The van der Waals surface area contributed by atoms with Gasteiger partial charge in [-0.3, -0.25) is 9.59 Å². The zero-order valence-electron chi connectivity index (χ0n) is 11.5.